The van der Waals surface area contributed by atoms with E-state index in [2.05, 4.69) is 39.0 Å². The maximum atomic E-state index is 11.8. The van der Waals surface area contributed by atoms with Crippen LogP contribution in [0.2, 0.25) is 0 Å². The molecule has 3 amide bonds. The highest BCUT2D eigenvalue weighted by Crippen LogP contribution is 2.23. The fourth-order valence-electron chi connectivity index (χ4n) is 1.91. The molecule has 0 fully saturated rings. The van der Waals surface area contributed by atoms with Crippen molar-refractivity contribution in [2.45, 2.75) is 11.7 Å². The van der Waals surface area contributed by atoms with E-state index in [9.17, 15) is 9.59 Å². The molecular formula is C16H18N6O2S. The Balaban J connectivity index is 2.03. The number of nitrogens with zero attached hydrogens (tertiary/aromatic N) is 4. The monoisotopic (exact) mass is 358 g/mol. The number of carbonyl (C=O) groups is 2. The van der Waals surface area contributed by atoms with E-state index in [1.165, 1.54) is 17.8 Å². The molecule has 0 saturated heterocycles. The molecule has 25 heavy (non-hydrogen) atoms. The fourth-order valence-corrected chi connectivity index (χ4v) is 2.65. The second kappa shape index (κ2) is 9.38. The summed E-state index contributed by atoms with van der Waals surface area (Å²) in [7, 11) is 0. The summed E-state index contributed by atoms with van der Waals surface area (Å²) in [5.74, 6) is 0.270. The normalized spacial score (nSPS) is 10.1. The molecule has 0 radical (unpaired) electrons. The average molecular weight is 358 g/mol. The smallest absolute Gasteiger partial charge is 0.321 e. The second-order valence-corrected chi connectivity index (χ2v) is 5.72. The number of hydrogen-bond acceptors (Lipinski definition) is 6. The minimum atomic E-state index is -0.560. The Bertz CT molecular complexity index is 759. The van der Waals surface area contributed by atoms with Crippen LogP contribution in [0.1, 0.15) is 0 Å². The Morgan fingerprint density at radius 1 is 1.20 bits per heavy atom. The lowest BCUT2D eigenvalue weighted by atomic mass is 10.2. The van der Waals surface area contributed by atoms with Crippen LogP contribution in [0.5, 0.6) is 0 Å². The molecule has 0 atom stereocenters. The van der Waals surface area contributed by atoms with Gasteiger partial charge in [0.1, 0.15) is 0 Å². The predicted molar refractivity (Wildman–Crippen MR) is 95.9 cm³/mol. The molecule has 2 aromatic rings. The van der Waals surface area contributed by atoms with Crippen LogP contribution in [0.25, 0.3) is 11.4 Å². The highest BCUT2D eigenvalue weighted by Gasteiger charge is 2.15. The van der Waals surface area contributed by atoms with Crippen LogP contribution >= 0.6 is 11.8 Å². The summed E-state index contributed by atoms with van der Waals surface area (Å²) in [4.78, 5) is 27.2. The quantitative estimate of drug-likeness (QED) is 0.549. The Morgan fingerprint density at radius 3 is 2.64 bits per heavy atom. The SMILES string of the molecule is C=CCNC(=O)NC(=O)CSc1nnc(-c2ccncc2)n1CC=C. The maximum absolute atomic E-state index is 11.8. The third-order valence-electron chi connectivity index (χ3n) is 2.96. The van der Waals surface area contributed by atoms with Crippen molar-refractivity contribution in [3.8, 4) is 11.4 Å². The van der Waals surface area contributed by atoms with E-state index in [0.29, 0.717) is 17.5 Å². The molecule has 0 unspecified atom stereocenters. The standard InChI is InChI=1S/C16H18N6O2S/c1-3-7-18-15(24)19-13(23)11-25-16-21-20-14(22(16)10-4-2)12-5-8-17-9-6-12/h3-6,8-9H,1-2,7,10-11H2,(H2,18,19,23,24). The Kier molecular flexibility index (Phi) is 6.90. The molecule has 130 valence electrons. The van der Waals surface area contributed by atoms with Gasteiger partial charge in [-0.25, -0.2) is 4.79 Å². The summed E-state index contributed by atoms with van der Waals surface area (Å²) in [6.07, 6.45) is 6.59. The molecule has 0 aliphatic rings. The topological polar surface area (TPSA) is 102 Å². The Hall–Kier alpha value is -2.94. The number of pyridine rings is 1. The van der Waals surface area contributed by atoms with Gasteiger partial charge in [0.2, 0.25) is 5.91 Å². The first-order valence-electron chi connectivity index (χ1n) is 7.41. The first-order valence-corrected chi connectivity index (χ1v) is 8.40. The number of hydrogen-bond donors (Lipinski definition) is 2. The van der Waals surface area contributed by atoms with E-state index in [-0.39, 0.29) is 12.3 Å². The Morgan fingerprint density at radius 2 is 1.96 bits per heavy atom. The van der Waals surface area contributed by atoms with Crippen LogP contribution in [-0.2, 0) is 11.3 Å². The number of nitrogens with one attached hydrogen (secondary N) is 2. The Labute approximate surface area is 149 Å². The van der Waals surface area contributed by atoms with Gasteiger partial charge in [0.25, 0.3) is 0 Å². The summed E-state index contributed by atoms with van der Waals surface area (Å²) < 4.78 is 1.85. The molecule has 0 saturated carbocycles. The second-order valence-electron chi connectivity index (χ2n) is 4.78. The van der Waals surface area contributed by atoms with Gasteiger partial charge in [-0.1, -0.05) is 23.9 Å². The maximum Gasteiger partial charge on any atom is 0.321 e. The van der Waals surface area contributed by atoms with E-state index in [1.807, 2.05) is 16.7 Å². The van der Waals surface area contributed by atoms with Crippen LogP contribution in [0, 0.1) is 0 Å². The van der Waals surface area contributed by atoms with Crippen LogP contribution < -0.4 is 10.6 Å². The van der Waals surface area contributed by atoms with Gasteiger partial charge in [0.05, 0.1) is 5.75 Å². The number of urea groups is 1. The van der Waals surface area contributed by atoms with Gasteiger partial charge >= 0.3 is 6.03 Å². The minimum Gasteiger partial charge on any atom is -0.334 e. The number of imide groups is 1. The zero-order valence-corrected chi connectivity index (χ0v) is 14.3. The lowest BCUT2D eigenvalue weighted by Gasteiger charge is -2.08. The summed E-state index contributed by atoms with van der Waals surface area (Å²) in [5, 5.41) is 13.6. The van der Waals surface area contributed by atoms with Crippen molar-refractivity contribution in [2.75, 3.05) is 12.3 Å². The van der Waals surface area contributed by atoms with Gasteiger partial charge in [0, 0.05) is 31.0 Å². The third kappa shape index (κ3) is 5.28. The lowest BCUT2D eigenvalue weighted by molar-refractivity contribution is -0.117. The largest absolute Gasteiger partial charge is 0.334 e. The van der Waals surface area contributed by atoms with Crippen molar-refractivity contribution < 1.29 is 9.59 Å². The summed E-state index contributed by atoms with van der Waals surface area (Å²) >= 11 is 1.19. The lowest BCUT2D eigenvalue weighted by Crippen LogP contribution is -2.40. The van der Waals surface area contributed by atoms with Gasteiger partial charge in [-0.05, 0) is 12.1 Å². The van der Waals surface area contributed by atoms with E-state index >= 15 is 0 Å². The zero-order valence-electron chi connectivity index (χ0n) is 13.5. The third-order valence-corrected chi connectivity index (χ3v) is 3.93. The van der Waals surface area contributed by atoms with Crippen molar-refractivity contribution in [1.29, 1.82) is 0 Å². The molecular weight excluding hydrogens is 340 g/mol. The van der Waals surface area contributed by atoms with Crippen molar-refractivity contribution in [3.05, 3.63) is 49.8 Å². The first kappa shape index (κ1) is 18.4. The van der Waals surface area contributed by atoms with Crippen molar-refractivity contribution in [3.63, 3.8) is 0 Å². The average Bonchev–Trinajstić information content (AvgIpc) is 3.02. The van der Waals surface area contributed by atoms with Crippen LogP contribution in [0.4, 0.5) is 4.79 Å². The fraction of sp³-hybridized carbons (Fsp3) is 0.188. The molecule has 2 aromatic heterocycles. The van der Waals surface area contributed by atoms with Crippen molar-refractivity contribution in [2.24, 2.45) is 0 Å². The number of thioether (sulfide) groups is 1. The highest BCUT2D eigenvalue weighted by molar-refractivity contribution is 7.99. The number of aromatic nitrogens is 4. The molecule has 0 spiro atoms. The molecule has 2 heterocycles. The molecule has 0 aliphatic carbocycles. The van der Waals surface area contributed by atoms with Crippen LogP contribution in [0.15, 0.2) is 55.0 Å². The van der Waals surface area contributed by atoms with Crippen LogP contribution in [-0.4, -0.2) is 44.0 Å². The van der Waals surface area contributed by atoms with Crippen LogP contribution in [0.3, 0.4) is 0 Å². The highest BCUT2D eigenvalue weighted by atomic mass is 32.2. The van der Waals surface area contributed by atoms with E-state index in [1.54, 1.807) is 18.5 Å². The molecule has 0 bridgehead atoms. The van der Waals surface area contributed by atoms with Gasteiger partial charge < -0.3 is 5.32 Å². The molecule has 9 heteroatoms. The molecule has 8 nitrogen and oxygen atoms in total. The number of amides is 3. The first-order chi connectivity index (χ1) is 12.2. The van der Waals surface area contributed by atoms with Gasteiger partial charge in [-0.15, -0.1) is 23.4 Å². The summed E-state index contributed by atoms with van der Waals surface area (Å²) in [6.45, 7) is 8.00. The predicted octanol–water partition coefficient (Wildman–Crippen LogP) is 1.63. The molecule has 2 N–H and O–H groups in total. The summed E-state index contributed by atoms with van der Waals surface area (Å²) in [6, 6.07) is 3.10. The molecule has 0 aromatic carbocycles. The molecule has 0 aliphatic heterocycles. The van der Waals surface area contributed by atoms with Gasteiger partial charge in [-0.3, -0.25) is 19.7 Å². The number of rotatable bonds is 8. The van der Waals surface area contributed by atoms with Crippen molar-refractivity contribution >= 4 is 23.7 Å². The van der Waals surface area contributed by atoms with Gasteiger partial charge in [-0.2, -0.15) is 0 Å². The van der Waals surface area contributed by atoms with E-state index in [4.69, 9.17) is 0 Å². The van der Waals surface area contributed by atoms with E-state index < -0.39 is 11.9 Å². The minimum absolute atomic E-state index is 0.0349. The zero-order chi connectivity index (χ0) is 18.1. The summed E-state index contributed by atoms with van der Waals surface area (Å²) in [5.41, 5.74) is 0.865. The number of carbonyl (C=O) groups excluding carboxylic acids is 2. The van der Waals surface area contributed by atoms with Crippen molar-refractivity contribution in [1.82, 2.24) is 30.4 Å². The number of allylic oxidation sites excluding steroid dienone is 1. The van der Waals surface area contributed by atoms with Gasteiger partial charge in [0.15, 0.2) is 11.0 Å². The van der Waals surface area contributed by atoms with E-state index in [0.717, 1.165) is 5.56 Å². The molecule has 2 rings (SSSR count).